The average Bonchev–Trinajstić information content (AvgIpc) is 2.18. The van der Waals surface area contributed by atoms with Crippen LogP contribution in [0.5, 0.6) is 5.75 Å². The minimum absolute atomic E-state index is 0.712. The summed E-state index contributed by atoms with van der Waals surface area (Å²) < 4.78 is 5.74. The summed E-state index contributed by atoms with van der Waals surface area (Å²) >= 11 is 0. The minimum atomic E-state index is 0.712. The van der Waals surface area contributed by atoms with E-state index in [2.05, 4.69) is 39.0 Å². The maximum Gasteiger partial charge on any atom is 0.122 e. The number of hydrogen-bond donors (Lipinski definition) is 0. The molecule has 0 aromatic heterocycles. The van der Waals surface area contributed by atoms with Crippen LogP contribution < -0.4 is 4.74 Å². The molecule has 14 heavy (non-hydrogen) atoms. The van der Waals surface area contributed by atoms with Crippen LogP contribution in [0.25, 0.3) is 0 Å². The zero-order chi connectivity index (χ0) is 10.4. The van der Waals surface area contributed by atoms with Crippen molar-refractivity contribution in [2.45, 2.75) is 33.6 Å². The molecule has 0 radical (unpaired) electrons. The summed E-state index contributed by atoms with van der Waals surface area (Å²) in [6.45, 7) is 7.42. The van der Waals surface area contributed by atoms with E-state index >= 15 is 0 Å². The van der Waals surface area contributed by atoms with Crippen LogP contribution in [-0.2, 0) is 6.42 Å². The maximum atomic E-state index is 5.74. The smallest absolute Gasteiger partial charge is 0.122 e. The Kier molecular flexibility index (Phi) is 4.51. The first-order valence-electron chi connectivity index (χ1n) is 5.44. The molecule has 1 heteroatoms. The molecule has 0 N–H and O–H groups in total. The number of benzene rings is 1. The van der Waals surface area contributed by atoms with Gasteiger partial charge in [-0.2, -0.15) is 0 Å². The zero-order valence-electron chi connectivity index (χ0n) is 9.42. The molecule has 1 rings (SSSR count). The largest absolute Gasteiger partial charge is 0.493 e. The van der Waals surface area contributed by atoms with Gasteiger partial charge < -0.3 is 4.74 Å². The molecule has 0 unspecified atom stereocenters. The summed E-state index contributed by atoms with van der Waals surface area (Å²) in [5.74, 6) is 1.76. The Bertz CT molecular complexity index is 266. The molecular weight excluding hydrogens is 172 g/mol. The number of ether oxygens (including phenoxy) is 1. The lowest BCUT2D eigenvalue weighted by Crippen LogP contribution is -2.02. The molecule has 0 aliphatic rings. The van der Waals surface area contributed by atoms with Crippen molar-refractivity contribution in [3.63, 3.8) is 0 Å². The molecular formula is C13H20O. The third-order valence-corrected chi connectivity index (χ3v) is 2.31. The SMILES string of the molecule is CCc1ccccc1OCCC(C)C. The van der Waals surface area contributed by atoms with Crippen LogP contribution in [0.3, 0.4) is 0 Å². The van der Waals surface area contributed by atoms with Crippen LogP contribution in [0.1, 0.15) is 32.8 Å². The third-order valence-electron chi connectivity index (χ3n) is 2.31. The van der Waals surface area contributed by atoms with Gasteiger partial charge in [-0.1, -0.05) is 39.0 Å². The van der Waals surface area contributed by atoms with Gasteiger partial charge in [0.05, 0.1) is 6.61 Å². The van der Waals surface area contributed by atoms with Gasteiger partial charge in [-0.15, -0.1) is 0 Å². The lowest BCUT2D eigenvalue weighted by molar-refractivity contribution is 0.287. The van der Waals surface area contributed by atoms with E-state index in [9.17, 15) is 0 Å². The van der Waals surface area contributed by atoms with E-state index in [1.807, 2.05) is 6.07 Å². The Labute approximate surface area is 87.1 Å². The number of aryl methyl sites for hydroxylation is 1. The molecule has 0 heterocycles. The maximum absolute atomic E-state index is 5.74. The molecule has 0 saturated carbocycles. The van der Waals surface area contributed by atoms with Gasteiger partial charge in [0.25, 0.3) is 0 Å². The Morgan fingerprint density at radius 3 is 2.57 bits per heavy atom. The van der Waals surface area contributed by atoms with E-state index in [0.717, 1.165) is 25.2 Å². The van der Waals surface area contributed by atoms with Gasteiger partial charge in [0.1, 0.15) is 5.75 Å². The first-order chi connectivity index (χ1) is 6.74. The van der Waals surface area contributed by atoms with Gasteiger partial charge in [0, 0.05) is 0 Å². The summed E-state index contributed by atoms with van der Waals surface area (Å²) in [6, 6.07) is 8.28. The lowest BCUT2D eigenvalue weighted by atomic mass is 10.1. The van der Waals surface area contributed by atoms with Crippen molar-refractivity contribution < 1.29 is 4.74 Å². The van der Waals surface area contributed by atoms with Crippen LogP contribution in [0.4, 0.5) is 0 Å². The predicted octanol–water partition coefficient (Wildman–Crippen LogP) is 3.67. The Hall–Kier alpha value is -0.980. The highest BCUT2D eigenvalue weighted by molar-refractivity contribution is 5.33. The third kappa shape index (κ3) is 3.41. The quantitative estimate of drug-likeness (QED) is 0.691. The summed E-state index contributed by atoms with van der Waals surface area (Å²) in [5.41, 5.74) is 1.30. The molecule has 0 spiro atoms. The molecule has 0 aliphatic carbocycles. The monoisotopic (exact) mass is 192 g/mol. The molecule has 78 valence electrons. The predicted molar refractivity (Wildman–Crippen MR) is 60.8 cm³/mol. The second-order valence-corrected chi connectivity index (χ2v) is 3.99. The van der Waals surface area contributed by atoms with Gasteiger partial charge in [0.15, 0.2) is 0 Å². The highest BCUT2D eigenvalue weighted by Gasteiger charge is 2.00. The van der Waals surface area contributed by atoms with E-state index in [4.69, 9.17) is 4.74 Å². The number of para-hydroxylation sites is 1. The zero-order valence-corrected chi connectivity index (χ0v) is 9.42. The van der Waals surface area contributed by atoms with Crippen molar-refractivity contribution in [2.24, 2.45) is 5.92 Å². The van der Waals surface area contributed by atoms with Crippen molar-refractivity contribution in [3.8, 4) is 5.75 Å². The molecule has 1 nitrogen and oxygen atoms in total. The summed E-state index contributed by atoms with van der Waals surface area (Å²) in [6.07, 6.45) is 2.16. The standard InChI is InChI=1S/C13H20O/c1-4-12-7-5-6-8-13(12)14-10-9-11(2)3/h5-8,11H,4,9-10H2,1-3H3. The second kappa shape index (κ2) is 5.69. The van der Waals surface area contributed by atoms with E-state index in [1.165, 1.54) is 5.56 Å². The van der Waals surface area contributed by atoms with E-state index in [0.29, 0.717) is 5.92 Å². The summed E-state index contributed by atoms with van der Waals surface area (Å²) in [5, 5.41) is 0. The summed E-state index contributed by atoms with van der Waals surface area (Å²) in [4.78, 5) is 0. The Morgan fingerprint density at radius 1 is 1.21 bits per heavy atom. The van der Waals surface area contributed by atoms with E-state index in [1.54, 1.807) is 0 Å². The van der Waals surface area contributed by atoms with E-state index < -0.39 is 0 Å². The normalized spacial score (nSPS) is 10.6. The van der Waals surface area contributed by atoms with Gasteiger partial charge in [-0.25, -0.2) is 0 Å². The van der Waals surface area contributed by atoms with Crippen LogP contribution in [0.15, 0.2) is 24.3 Å². The molecule has 0 amide bonds. The topological polar surface area (TPSA) is 9.23 Å². The molecule has 1 aromatic carbocycles. The van der Waals surface area contributed by atoms with Crippen LogP contribution >= 0.6 is 0 Å². The van der Waals surface area contributed by atoms with Gasteiger partial charge in [-0.05, 0) is 30.4 Å². The molecule has 0 aliphatic heterocycles. The Balaban J connectivity index is 2.49. The fraction of sp³-hybridized carbons (Fsp3) is 0.538. The fourth-order valence-corrected chi connectivity index (χ4v) is 1.34. The highest BCUT2D eigenvalue weighted by Crippen LogP contribution is 2.18. The van der Waals surface area contributed by atoms with Crippen molar-refractivity contribution >= 4 is 0 Å². The van der Waals surface area contributed by atoms with E-state index in [-0.39, 0.29) is 0 Å². The number of hydrogen-bond acceptors (Lipinski definition) is 1. The molecule has 0 saturated heterocycles. The van der Waals surface area contributed by atoms with Crippen molar-refractivity contribution in [3.05, 3.63) is 29.8 Å². The van der Waals surface area contributed by atoms with Crippen molar-refractivity contribution in [2.75, 3.05) is 6.61 Å². The fourth-order valence-electron chi connectivity index (χ4n) is 1.34. The van der Waals surface area contributed by atoms with Gasteiger partial charge in [-0.3, -0.25) is 0 Å². The van der Waals surface area contributed by atoms with Gasteiger partial charge in [0.2, 0.25) is 0 Å². The first-order valence-corrected chi connectivity index (χ1v) is 5.44. The molecule has 1 aromatic rings. The summed E-state index contributed by atoms with van der Waals surface area (Å²) in [7, 11) is 0. The first kappa shape index (κ1) is 11.1. The number of rotatable bonds is 5. The second-order valence-electron chi connectivity index (χ2n) is 3.99. The molecule has 0 atom stereocenters. The molecule has 0 bridgehead atoms. The van der Waals surface area contributed by atoms with Crippen LogP contribution in [-0.4, -0.2) is 6.61 Å². The Morgan fingerprint density at radius 2 is 1.93 bits per heavy atom. The van der Waals surface area contributed by atoms with Crippen molar-refractivity contribution in [1.82, 2.24) is 0 Å². The average molecular weight is 192 g/mol. The lowest BCUT2D eigenvalue weighted by Gasteiger charge is -2.11. The van der Waals surface area contributed by atoms with Gasteiger partial charge >= 0.3 is 0 Å². The van der Waals surface area contributed by atoms with Crippen molar-refractivity contribution in [1.29, 1.82) is 0 Å². The van der Waals surface area contributed by atoms with Crippen LogP contribution in [0, 0.1) is 5.92 Å². The van der Waals surface area contributed by atoms with Crippen LogP contribution in [0.2, 0.25) is 0 Å². The highest BCUT2D eigenvalue weighted by atomic mass is 16.5. The minimum Gasteiger partial charge on any atom is -0.493 e. The molecule has 0 fully saturated rings.